The summed E-state index contributed by atoms with van der Waals surface area (Å²) < 4.78 is 15.9. The van der Waals surface area contributed by atoms with Crippen molar-refractivity contribution >= 4 is 10.9 Å². The van der Waals surface area contributed by atoms with E-state index in [1.165, 1.54) is 0 Å². The summed E-state index contributed by atoms with van der Waals surface area (Å²) in [5.41, 5.74) is 2.88. The first-order valence-electron chi connectivity index (χ1n) is 9.96. The number of aromatic nitrogens is 7. The van der Waals surface area contributed by atoms with Crippen LogP contribution in [0.5, 0.6) is 17.5 Å². The number of aryl methyl sites for hydroxylation is 2. The largest absolute Gasteiger partial charge is 0.494 e. The maximum Gasteiger partial charge on any atom is 0.256 e. The Morgan fingerprint density at radius 2 is 1.88 bits per heavy atom. The van der Waals surface area contributed by atoms with Crippen molar-refractivity contribution in [1.29, 1.82) is 0 Å². The average Bonchev–Trinajstić information content (AvgIpc) is 3.57. The first-order valence-corrected chi connectivity index (χ1v) is 9.96. The van der Waals surface area contributed by atoms with E-state index in [4.69, 9.17) is 14.5 Å². The molecule has 0 aliphatic carbocycles. The van der Waals surface area contributed by atoms with Gasteiger partial charge in [-0.1, -0.05) is 0 Å². The smallest absolute Gasteiger partial charge is 0.256 e. The van der Waals surface area contributed by atoms with E-state index in [2.05, 4.69) is 15.2 Å². The van der Waals surface area contributed by atoms with Crippen molar-refractivity contribution in [3.8, 4) is 34.5 Å². The van der Waals surface area contributed by atoms with Gasteiger partial charge in [-0.3, -0.25) is 13.9 Å². The molecular weight excluding hydrogens is 410 g/mol. The Balaban J connectivity index is 1.44. The molecule has 5 heterocycles. The maximum atomic E-state index is 10.8. The van der Waals surface area contributed by atoms with Gasteiger partial charge in [-0.25, -0.2) is 9.97 Å². The molecule has 10 nitrogen and oxygen atoms in total. The number of hydrogen-bond donors (Lipinski definition) is 1. The van der Waals surface area contributed by atoms with Crippen LogP contribution in [-0.2, 0) is 13.1 Å². The van der Waals surface area contributed by atoms with Gasteiger partial charge in [-0.15, -0.1) is 0 Å². The number of ether oxygens (including phenoxy) is 2. The molecule has 5 rings (SSSR count). The summed E-state index contributed by atoms with van der Waals surface area (Å²) in [5, 5.41) is 20.0. The van der Waals surface area contributed by atoms with Gasteiger partial charge in [0.05, 0.1) is 55.8 Å². The fourth-order valence-corrected chi connectivity index (χ4v) is 3.54. The van der Waals surface area contributed by atoms with Crippen molar-refractivity contribution < 1.29 is 14.6 Å². The van der Waals surface area contributed by atoms with E-state index < -0.39 is 0 Å². The molecule has 1 N–H and O–H groups in total. The van der Waals surface area contributed by atoms with Crippen molar-refractivity contribution in [1.82, 2.24) is 34.1 Å². The van der Waals surface area contributed by atoms with Crippen LogP contribution < -0.4 is 9.47 Å². The summed E-state index contributed by atoms with van der Waals surface area (Å²) in [6, 6.07) is 7.38. The molecule has 0 saturated heterocycles. The molecule has 32 heavy (non-hydrogen) atoms. The predicted octanol–water partition coefficient (Wildman–Crippen LogP) is 2.90. The molecule has 0 unspecified atom stereocenters. The lowest BCUT2D eigenvalue weighted by Crippen LogP contribution is -2.07. The van der Waals surface area contributed by atoms with Gasteiger partial charge in [0, 0.05) is 36.5 Å². The minimum atomic E-state index is 0.108. The molecule has 0 aromatic carbocycles. The van der Waals surface area contributed by atoms with Crippen molar-refractivity contribution in [3.63, 3.8) is 0 Å². The molecule has 5 aromatic rings. The van der Waals surface area contributed by atoms with Crippen LogP contribution in [0.4, 0.5) is 0 Å². The Hall–Kier alpha value is -4.34. The van der Waals surface area contributed by atoms with Crippen LogP contribution in [-0.4, -0.2) is 53.4 Å². The van der Waals surface area contributed by atoms with Gasteiger partial charge in [0.25, 0.3) is 5.88 Å². The van der Waals surface area contributed by atoms with Gasteiger partial charge < -0.3 is 14.6 Å². The van der Waals surface area contributed by atoms with Gasteiger partial charge in [-0.05, 0) is 24.3 Å². The molecular formula is C22H21N7O3. The third-order valence-corrected chi connectivity index (χ3v) is 5.19. The van der Waals surface area contributed by atoms with E-state index >= 15 is 0 Å². The quantitative estimate of drug-likeness (QED) is 0.422. The molecule has 10 heteroatoms. The summed E-state index contributed by atoms with van der Waals surface area (Å²) in [5.74, 6) is 1.04. The zero-order chi connectivity index (χ0) is 22.1. The Bertz CT molecular complexity index is 1370. The van der Waals surface area contributed by atoms with Gasteiger partial charge in [0.15, 0.2) is 5.75 Å². The van der Waals surface area contributed by atoms with E-state index in [1.807, 2.05) is 46.0 Å². The van der Waals surface area contributed by atoms with E-state index in [9.17, 15) is 5.11 Å². The van der Waals surface area contributed by atoms with Crippen LogP contribution in [0.2, 0.25) is 0 Å². The third kappa shape index (κ3) is 3.51. The normalized spacial score (nSPS) is 11.2. The molecule has 0 amide bonds. The number of fused-ring (bicyclic) bond motifs is 1. The highest BCUT2D eigenvalue weighted by molar-refractivity contribution is 5.87. The van der Waals surface area contributed by atoms with Crippen LogP contribution in [0.15, 0.2) is 61.4 Å². The second-order valence-electron chi connectivity index (χ2n) is 7.12. The number of nitrogens with zero attached hydrogens (tertiary/aromatic N) is 7. The van der Waals surface area contributed by atoms with Crippen molar-refractivity contribution in [3.05, 3.63) is 61.4 Å². The first-order chi connectivity index (χ1) is 15.7. The number of methoxy groups -OCH3 is 2. The fourth-order valence-electron chi connectivity index (χ4n) is 3.54. The lowest BCUT2D eigenvalue weighted by atomic mass is 10.1. The van der Waals surface area contributed by atoms with E-state index in [1.54, 1.807) is 43.6 Å². The highest BCUT2D eigenvalue weighted by atomic mass is 16.5. The standard InChI is InChI=1S/C22H21N7O3/c1-31-20-10-15(11-23-21(20)32-2)18-5-4-17-19(26-18)14-29(22(17)30)16-12-25-28(13-16)9-8-27-7-3-6-24-27/h3-7,10-14,30H,8-9H2,1-2H3. The van der Waals surface area contributed by atoms with Crippen LogP contribution in [0.25, 0.3) is 27.8 Å². The minimum Gasteiger partial charge on any atom is -0.494 e. The number of aromatic hydroxyl groups is 1. The molecule has 0 aliphatic rings. The molecule has 5 aromatic heterocycles. The second kappa shape index (κ2) is 8.06. The molecule has 0 aliphatic heterocycles. The number of rotatable bonds is 7. The SMILES string of the molecule is COc1cc(-c2ccc3c(O)n(-c4cnn(CCn5cccn5)c4)cc3n2)cnc1OC. The highest BCUT2D eigenvalue weighted by Crippen LogP contribution is 2.33. The Morgan fingerprint density at radius 1 is 1.00 bits per heavy atom. The molecule has 0 saturated carbocycles. The molecule has 0 bridgehead atoms. The van der Waals surface area contributed by atoms with Crippen LogP contribution in [0, 0.1) is 0 Å². The summed E-state index contributed by atoms with van der Waals surface area (Å²) in [6.07, 6.45) is 10.7. The maximum absolute atomic E-state index is 10.8. The Kier molecular flexibility index (Phi) is 4.94. The zero-order valence-electron chi connectivity index (χ0n) is 17.6. The first kappa shape index (κ1) is 19.6. The van der Waals surface area contributed by atoms with E-state index in [-0.39, 0.29) is 5.88 Å². The lowest BCUT2D eigenvalue weighted by molar-refractivity contribution is 0.343. The van der Waals surface area contributed by atoms with Crippen molar-refractivity contribution in [2.45, 2.75) is 13.1 Å². The second-order valence-corrected chi connectivity index (χ2v) is 7.12. The van der Waals surface area contributed by atoms with Crippen LogP contribution in [0.1, 0.15) is 0 Å². The third-order valence-electron chi connectivity index (χ3n) is 5.19. The number of hydrogen-bond acceptors (Lipinski definition) is 7. The monoisotopic (exact) mass is 431 g/mol. The van der Waals surface area contributed by atoms with Gasteiger partial charge in [0.1, 0.15) is 0 Å². The van der Waals surface area contributed by atoms with Gasteiger partial charge in [-0.2, -0.15) is 10.2 Å². The Morgan fingerprint density at radius 3 is 2.66 bits per heavy atom. The van der Waals surface area contributed by atoms with Crippen LogP contribution in [0.3, 0.4) is 0 Å². The highest BCUT2D eigenvalue weighted by Gasteiger charge is 2.15. The van der Waals surface area contributed by atoms with E-state index in [0.29, 0.717) is 41.3 Å². The van der Waals surface area contributed by atoms with E-state index in [0.717, 1.165) is 11.3 Å². The summed E-state index contributed by atoms with van der Waals surface area (Å²) in [7, 11) is 3.10. The summed E-state index contributed by atoms with van der Waals surface area (Å²) >= 11 is 0. The summed E-state index contributed by atoms with van der Waals surface area (Å²) in [6.45, 7) is 1.37. The Labute approximate surface area is 183 Å². The zero-order valence-corrected chi connectivity index (χ0v) is 17.6. The number of pyridine rings is 2. The van der Waals surface area contributed by atoms with Gasteiger partial charge >= 0.3 is 0 Å². The summed E-state index contributed by atoms with van der Waals surface area (Å²) in [4.78, 5) is 8.98. The molecule has 162 valence electrons. The van der Waals surface area contributed by atoms with Crippen molar-refractivity contribution in [2.24, 2.45) is 0 Å². The van der Waals surface area contributed by atoms with Crippen LogP contribution >= 0.6 is 0 Å². The average molecular weight is 431 g/mol. The predicted molar refractivity (Wildman–Crippen MR) is 117 cm³/mol. The molecule has 0 radical (unpaired) electrons. The minimum absolute atomic E-state index is 0.108. The molecule has 0 fully saturated rings. The fraction of sp³-hybridized carbons (Fsp3) is 0.182. The molecule has 0 spiro atoms. The molecule has 0 atom stereocenters. The van der Waals surface area contributed by atoms with Gasteiger partial charge in [0.2, 0.25) is 5.88 Å². The topological polar surface area (TPSA) is 105 Å². The lowest BCUT2D eigenvalue weighted by Gasteiger charge is -2.08. The van der Waals surface area contributed by atoms with Crippen molar-refractivity contribution in [2.75, 3.05) is 14.2 Å².